The van der Waals surface area contributed by atoms with Crippen LogP contribution in [0.25, 0.3) is 0 Å². The fourth-order valence-corrected chi connectivity index (χ4v) is 0.151. The van der Waals surface area contributed by atoms with Crippen LogP contribution in [0.2, 0.25) is 0 Å². The predicted molar refractivity (Wildman–Crippen MR) is 50.8 cm³/mol. The van der Waals surface area contributed by atoms with Crippen LogP contribution in [0.3, 0.4) is 0 Å². The van der Waals surface area contributed by atoms with Gasteiger partial charge in [-0.25, -0.2) is 5.26 Å². The third-order valence-electron chi connectivity index (χ3n) is 0.328. The summed E-state index contributed by atoms with van der Waals surface area (Å²) in [5.74, 6) is -0.822. The summed E-state index contributed by atoms with van der Waals surface area (Å²) in [6.07, 6.45) is 0. The average Bonchev–Trinajstić information content (AvgIpc) is 2.10. The lowest BCUT2D eigenvalue weighted by Crippen LogP contribution is -2.16. The van der Waals surface area contributed by atoms with Gasteiger partial charge in [0.25, 0.3) is 0 Å². The molecule has 0 aliphatic rings. The van der Waals surface area contributed by atoms with Crippen molar-refractivity contribution in [1.29, 1.82) is 15.8 Å². The molecule has 6 nitrogen and oxygen atoms in total. The Kier molecular flexibility index (Phi) is 72.0. The number of nitrogens with zero attached hydrogens (tertiary/aromatic N) is 3. The van der Waals surface area contributed by atoms with Crippen molar-refractivity contribution in [3.63, 3.8) is 0 Å². The first kappa shape index (κ1) is 22.7. The Bertz CT molecular complexity index is 188. The van der Waals surface area contributed by atoms with E-state index in [-0.39, 0.29) is 6.54 Å². The Balaban J connectivity index is -0.0000000536. The molecule has 0 spiro atoms. The van der Waals surface area contributed by atoms with Gasteiger partial charge in [0.15, 0.2) is 0 Å². The van der Waals surface area contributed by atoms with Crippen molar-refractivity contribution >= 4 is 5.97 Å². The molecule has 0 rings (SSSR count). The van der Waals surface area contributed by atoms with Crippen LogP contribution in [0.15, 0.2) is 0 Å². The molecule has 0 aromatic carbocycles. The molecule has 0 aromatic heterocycles. The van der Waals surface area contributed by atoms with Gasteiger partial charge in [0.05, 0.1) is 18.7 Å². The molecule has 0 aliphatic heterocycles. The molecule has 0 aliphatic carbocycles. The van der Waals surface area contributed by atoms with E-state index in [2.05, 4.69) is 11.9 Å². The van der Waals surface area contributed by atoms with E-state index >= 15 is 0 Å². The summed E-state index contributed by atoms with van der Waals surface area (Å²) in [5, 5.41) is 31.5. The molecule has 0 saturated carbocycles. The highest BCUT2D eigenvalue weighted by Gasteiger charge is 1.86. The molecule has 6 heteroatoms. The molecule has 0 fully saturated rings. The molecule has 0 atom stereocenters. The second-order valence-corrected chi connectivity index (χ2v) is 1.37. The zero-order valence-electron chi connectivity index (χ0n) is 8.48. The molecule has 2 N–H and O–H groups in total. The lowest BCUT2D eigenvalue weighted by Gasteiger charge is -1.84. The molecule has 0 amide bonds. The van der Waals surface area contributed by atoms with Crippen molar-refractivity contribution in [3.8, 4) is 18.7 Å². The fourth-order valence-electron chi connectivity index (χ4n) is 0.151. The molecule has 14 heavy (non-hydrogen) atoms. The van der Waals surface area contributed by atoms with E-state index in [1.54, 1.807) is 19.2 Å². The standard InChI is InChI=1S/C3H7NO2.2C2H3N.CHN/c1-4-2-3(5)6;2*1-2-3;1-2/h4H,2H2,1H3,(H,5,6);2*1H3;1H. The summed E-state index contributed by atoms with van der Waals surface area (Å²) in [6.45, 7) is 6.40. The second kappa shape index (κ2) is 44.5. The largest absolute Gasteiger partial charge is 0.480 e. The van der Waals surface area contributed by atoms with Crippen LogP contribution in [-0.4, -0.2) is 24.7 Å². The van der Waals surface area contributed by atoms with Gasteiger partial charge < -0.3 is 10.4 Å². The number of hydrogen-bond acceptors (Lipinski definition) is 5. The van der Waals surface area contributed by atoms with Crippen LogP contribution < -0.4 is 5.32 Å². The number of hydrogen-bond donors (Lipinski definition) is 2. The van der Waals surface area contributed by atoms with E-state index in [4.69, 9.17) is 20.9 Å². The monoisotopic (exact) mass is 198 g/mol. The Labute approximate surface area is 84.0 Å². The van der Waals surface area contributed by atoms with Gasteiger partial charge in [-0.1, -0.05) is 0 Å². The molecular weight excluding hydrogens is 184 g/mol. The molecule has 0 aromatic rings. The third-order valence-corrected chi connectivity index (χ3v) is 0.328. The van der Waals surface area contributed by atoms with Crippen molar-refractivity contribution in [2.75, 3.05) is 13.6 Å². The van der Waals surface area contributed by atoms with Crippen molar-refractivity contribution in [3.05, 3.63) is 0 Å². The number of carboxylic acids is 1. The van der Waals surface area contributed by atoms with Crippen molar-refractivity contribution in [1.82, 2.24) is 5.32 Å². The van der Waals surface area contributed by atoms with Gasteiger partial charge in [-0.05, 0) is 7.05 Å². The van der Waals surface area contributed by atoms with E-state index in [1.165, 1.54) is 13.8 Å². The van der Waals surface area contributed by atoms with Crippen molar-refractivity contribution in [2.45, 2.75) is 13.8 Å². The highest BCUT2D eigenvalue weighted by molar-refractivity contribution is 5.68. The number of aliphatic carboxylic acids is 1. The maximum absolute atomic E-state index is 9.54. The number of likely N-dealkylation sites (N-methyl/N-ethyl adjacent to an activating group) is 1. The van der Waals surface area contributed by atoms with Gasteiger partial charge in [0, 0.05) is 20.4 Å². The molecule has 0 heterocycles. The van der Waals surface area contributed by atoms with E-state index in [0.717, 1.165) is 0 Å². The minimum atomic E-state index is -0.822. The van der Waals surface area contributed by atoms with Crippen LogP contribution in [-0.2, 0) is 4.79 Å². The van der Waals surface area contributed by atoms with Crippen LogP contribution in [0.1, 0.15) is 13.8 Å². The summed E-state index contributed by atoms with van der Waals surface area (Å²) in [4.78, 5) is 9.54. The highest BCUT2D eigenvalue weighted by Crippen LogP contribution is 1.50. The molecule has 0 radical (unpaired) electrons. The Hall–Kier alpha value is -2.10. The lowest BCUT2D eigenvalue weighted by atomic mass is 10.7. The zero-order valence-corrected chi connectivity index (χ0v) is 8.48. The minimum absolute atomic E-state index is 0.0417. The van der Waals surface area contributed by atoms with E-state index in [0.29, 0.717) is 0 Å². The summed E-state index contributed by atoms with van der Waals surface area (Å²) in [7, 11) is 1.59. The van der Waals surface area contributed by atoms with Gasteiger partial charge in [-0.2, -0.15) is 10.5 Å². The van der Waals surface area contributed by atoms with Gasteiger partial charge in [-0.3, -0.25) is 4.79 Å². The SMILES string of the molecule is C#N.CC#N.CC#N.CNCC(=O)O. The van der Waals surface area contributed by atoms with E-state index in [1.807, 2.05) is 0 Å². The normalized spacial score (nSPS) is 4.79. The lowest BCUT2D eigenvalue weighted by molar-refractivity contribution is -0.135. The number of rotatable bonds is 2. The quantitative estimate of drug-likeness (QED) is 0.666. The molecule has 0 saturated heterocycles. The average molecular weight is 198 g/mol. The first-order valence-electron chi connectivity index (χ1n) is 3.34. The summed E-state index contributed by atoms with van der Waals surface area (Å²) in [6, 6.07) is 3.50. The fraction of sp³-hybridized carbons (Fsp3) is 0.500. The van der Waals surface area contributed by atoms with Gasteiger partial charge in [0.2, 0.25) is 0 Å². The van der Waals surface area contributed by atoms with Crippen molar-refractivity contribution < 1.29 is 9.90 Å². The van der Waals surface area contributed by atoms with Crippen molar-refractivity contribution in [2.24, 2.45) is 0 Å². The number of carboxylic acid groups (broad SMARTS) is 1. The Morgan fingerprint density at radius 3 is 1.57 bits per heavy atom. The number of nitriles is 3. The van der Waals surface area contributed by atoms with Gasteiger partial charge >= 0.3 is 5.97 Å². The second-order valence-electron chi connectivity index (χ2n) is 1.37. The molecule has 0 unspecified atom stereocenters. The highest BCUT2D eigenvalue weighted by atomic mass is 16.4. The predicted octanol–water partition coefficient (Wildman–Crippen LogP) is 0.490. The maximum Gasteiger partial charge on any atom is 0.317 e. The minimum Gasteiger partial charge on any atom is -0.480 e. The molecular formula is C8H14N4O2. The van der Waals surface area contributed by atoms with E-state index < -0.39 is 5.97 Å². The van der Waals surface area contributed by atoms with Gasteiger partial charge in [0.1, 0.15) is 0 Å². The van der Waals surface area contributed by atoms with Crippen LogP contribution in [0.4, 0.5) is 0 Å². The van der Waals surface area contributed by atoms with Crippen LogP contribution in [0.5, 0.6) is 0 Å². The number of nitrogens with one attached hydrogen (secondary N) is 1. The zero-order chi connectivity index (χ0) is 12.4. The smallest absolute Gasteiger partial charge is 0.317 e. The molecule has 78 valence electrons. The van der Waals surface area contributed by atoms with E-state index in [9.17, 15) is 4.79 Å². The summed E-state index contributed by atoms with van der Waals surface area (Å²) >= 11 is 0. The summed E-state index contributed by atoms with van der Waals surface area (Å²) in [5.41, 5.74) is 0. The Morgan fingerprint density at radius 2 is 1.57 bits per heavy atom. The summed E-state index contributed by atoms with van der Waals surface area (Å²) < 4.78 is 0. The molecule has 0 bridgehead atoms. The maximum atomic E-state index is 9.54. The van der Waals surface area contributed by atoms with Crippen LogP contribution >= 0.6 is 0 Å². The Morgan fingerprint density at radius 1 is 1.36 bits per heavy atom. The first-order valence-corrected chi connectivity index (χ1v) is 3.34. The topological polar surface area (TPSA) is 121 Å². The number of carbonyl (C=O) groups is 1. The first-order chi connectivity index (χ1) is 6.60. The third kappa shape index (κ3) is 968. The van der Waals surface area contributed by atoms with Gasteiger partial charge in [-0.15, -0.1) is 0 Å². The van der Waals surface area contributed by atoms with Crippen LogP contribution in [0, 0.1) is 34.5 Å².